The zero-order valence-electron chi connectivity index (χ0n) is 8.80. The Labute approximate surface area is 97.6 Å². The second-order valence-electron chi connectivity index (χ2n) is 3.67. The fourth-order valence-electron chi connectivity index (χ4n) is 1.44. The number of nitrogens with one attached hydrogen (secondary N) is 1. The second kappa shape index (κ2) is 4.76. The molecule has 0 radical (unpaired) electrons. The minimum absolute atomic E-state index is 0.0660. The lowest BCUT2D eigenvalue weighted by molar-refractivity contribution is 0.271. The largest absolute Gasteiger partial charge is 0.388 e. The maximum atomic E-state index is 8.90. The Bertz CT molecular complexity index is 331. The molecule has 3 atom stereocenters. The number of aromatic nitrogens is 3. The van der Waals surface area contributed by atoms with Crippen molar-refractivity contribution in [2.45, 2.75) is 36.2 Å². The number of aliphatic hydroxyl groups is 1. The topological polar surface area (TPSA) is 61.8 Å². The van der Waals surface area contributed by atoms with E-state index in [-0.39, 0.29) is 6.61 Å². The minimum Gasteiger partial charge on any atom is -0.388 e. The summed E-state index contributed by atoms with van der Waals surface area (Å²) in [5.41, 5.74) is 0. The number of nitrogens with zero attached hydrogens (tertiary/aromatic N) is 2. The van der Waals surface area contributed by atoms with E-state index in [0.29, 0.717) is 21.6 Å². The van der Waals surface area contributed by atoms with E-state index in [2.05, 4.69) is 29.0 Å². The van der Waals surface area contributed by atoms with Crippen molar-refractivity contribution >= 4 is 23.5 Å². The van der Waals surface area contributed by atoms with Crippen molar-refractivity contribution in [1.29, 1.82) is 0 Å². The zero-order chi connectivity index (χ0) is 10.8. The molecule has 2 heterocycles. The fourth-order valence-corrected chi connectivity index (χ4v) is 4.29. The number of H-pyrrole nitrogens is 1. The van der Waals surface area contributed by atoms with E-state index in [1.165, 1.54) is 0 Å². The average molecular weight is 245 g/mol. The maximum absolute atomic E-state index is 8.90. The van der Waals surface area contributed by atoms with Crippen LogP contribution in [0.15, 0.2) is 0 Å². The molecule has 1 aromatic heterocycles. The molecule has 1 aliphatic heterocycles. The van der Waals surface area contributed by atoms with Gasteiger partial charge < -0.3 is 5.11 Å². The van der Waals surface area contributed by atoms with Crippen LogP contribution in [0.25, 0.3) is 0 Å². The Kier molecular flexibility index (Phi) is 3.58. The van der Waals surface area contributed by atoms with E-state index in [9.17, 15) is 0 Å². The molecule has 6 heteroatoms. The SMILES string of the molecule is CC1SCC(c2n[nH]c(CO)n2)SC1C. The molecule has 0 bridgehead atoms. The van der Waals surface area contributed by atoms with Gasteiger partial charge in [0.05, 0.1) is 5.25 Å². The predicted molar refractivity (Wildman–Crippen MR) is 64.0 cm³/mol. The van der Waals surface area contributed by atoms with Crippen molar-refractivity contribution in [3.05, 3.63) is 11.6 Å². The van der Waals surface area contributed by atoms with Crippen LogP contribution in [0, 0.1) is 0 Å². The molecule has 1 fully saturated rings. The molecule has 1 saturated heterocycles. The number of thioether (sulfide) groups is 2. The van der Waals surface area contributed by atoms with Gasteiger partial charge in [-0.1, -0.05) is 13.8 Å². The van der Waals surface area contributed by atoms with Gasteiger partial charge in [-0.3, -0.25) is 5.10 Å². The van der Waals surface area contributed by atoms with Crippen molar-refractivity contribution in [2.24, 2.45) is 0 Å². The molecule has 15 heavy (non-hydrogen) atoms. The van der Waals surface area contributed by atoms with Crippen LogP contribution in [0.1, 0.15) is 30.7 Å². The van der Waals surface area contributed by atoms with Gasteiger partial charge in [-0.2, -0.15) is 16.9 Å². The number of aromatic amines is 1. The lowest BCUT2D eigenvalue weighted by atomic mass is 10.3. The Hall–Kier alpha value is -0.200. The molecule has 2 rings (SSSR count). The van der Waals surface area contributed by atoms with E-state index >= 15 is 0 Å². The Morgan fingerprint density at radius 1 is 1.47 bits per heavy atom. The van der Waals surface area contributed by atoms with Crippen molar-refractivity contribution in [2.75, 3.05) is 5.75 Å². The fraction of sp³-hybridized carbons (Fsp3) is 0.778. The monoisotopic (exact) mass is 245 g/mol. The summed E-state index contributed by atoms with van der Waals surface area (Å²) in [5, 5.41) is 17.5. The molecule has 1 aromatic rings. The van der Waals surface area contributed by atoms with Crippen LogP contribution in [0.4, 0.5) is 0 Å². The van der Waals surface area contributed by atoms with Crippen molar-refractivity contribution in [3.63, 3.8) is 0 Å². The summed E-state index contributed by atoms with van der Waals surface area (Å²) in [6.07, 6.45) is 0. The second-order valence-corrected chi connectivity index (χ2v) is 6.66. The molecule has 84 valence electrons. The first-order chi connectivity index (χ1) is 7.20. The molecule has 0 aromatic carbocycles. The highest BCUT2D eigenvalue weighted by Crippen LogP contribution is 2.43. The summed E-state index contributed by atoms with van der Waals surface area (Å²) >= 11 is 3.89. The standard InChI is InChI=1S/C9H15N3OS2/c1-5-6(2)15-7(4-14-5)9-10-8(3-13)11-12-9/h5-7,13H,3-4H2,1-2H3,(H,10,11,12). The molecule has 4 nitrogen and oxygen atoms in total. The predicted octanol–water partition coefficient (Wildman–Crippen LogP) is 1.60. The van der Waals surface area contributed by atoms with Gasteiger partial charge in [0.1, 0.15) is 12.4 Å². The zero-order valence-corrected chi connectivity index (χ0v) is 10.4. The third kappa shape index (κ3) is 2.49. The summed E-state index contributed by atoms with van der Waals surface area (Å²) in [5.74, 6) is 2.44. The highest BCUT2D eigenvalue weighted by atomic mass is 32.2. The van der Waals surface area contributed by atoms with Gasteiger partial charge in [-0.25, -0.2) is 4.98 Å². The van der Waals surface area contributed by atoms with Gasteiger partial charge >= 0.3 is 0 Å². The van der Waals surface area contributed by atoms with Gasteiger partial charge in [0.15, 0.2) is 5.82 Å². The van der Waals surface area contributed by atoms with E-state index < -0.39 is 0 Å². The van der Waals surface area contributed by atoms with Crippen LogP contribution in [-0.4, -0.2) is 36.5 Å². The molecule has 2 N–H and O–H groups in total. The Morgan fingerprint density at radius 2 is 2.27 bits per heavy atom. The lowest BCUT2D eigenvalue weighted by Crippen LogP contribution is -2.22. The summed E-state index contributed by atoms with van der Waals surface area (Å²) in [7, 11) is 0. The highest BCUT2D eigenvalue weighted by molar-refractivity contribution is 8.07. The van der Waals surface area contributed by atoms with E-state index in [1.54, 1.807) is 0 Å². The smallest absolute Gasteiger partial charge is 0.164 e. The number of aliphatic hydroxyl groups excluding tert-OH is 1. The third-order valence-electron chi connectivity index (χ3n) is 2.54. The van der Waals surface area contributed by atoms with Crippen LogP contribution in [-0.2, 0) is 6.61 Å². The van der Waals surface area contributed by atoms with E-state index in [0.717, 1.165) is 11.6 Å². The first-order valence-electron chi connectivity index (χ1n) is 4.99. The number of hydrogen-bond donors (Lipinski definition) is 2. The van der Waals surface area contributed by atoms with Gasteiger partial charge in [-0.15, -0.1) is 11.8 Å². The molecular weight excluding hydrogens is 230 g/mol. The highest BCUT2D eigenvalue weighted by Gasteiger charge is 2.29. The van der Waals surface area contributed by atoms with Crippen LogP contribution < -0.4 is 0 Å². The summed E-state index contributed by atoms with van der Waals surface area (Å²) in [6, 6.07) is 0. The van der Waals surface area contributed by atoms with Crippen LogP contribution >= 0.6 is 23.5 Å². The van der Waals surface area contributed by atoms with Crippen molar-refractivity contribution < 1.29 is 5.11 Å². The van der Waals surface area contributed by atoms with Crippen molar-refractivity contribution in [1.82, 2.24) is 15.2 Å². The average Bonchev–Trinajstić information content (AvgIpc) is 2.70. The third-order valence-corrected chi connectivity index (χ3v) is 5.92. The van der Waals surface area contributed by atoms with Crippen LogP contribution in [0.3, 0.4) is 0 Å². The molecule has 0 spiro atoms. The van der Waals surface area contributed by atoms with Crippen molar-refractivity contribution in [3.8, 4) is 0 Å². The first-order valence-corrected chi connectivity index (χ1v) is 6.99. The summed E-state index contributed by atoms with van der Waals surface area (Å²) in [6.45, 7) is 4.44. The number of rotatable bonds is 2. The normalized spacial score (nSPS) is 31.8. The molecule has 0 aliphatic carbocycles. The van der Waals surface area contributed by atoms with Gasteiger partial charge in [0.25, 0.3) is 0 Å². The molecule has 0 amide bonds. The quantitative estimate of drug-likeness (QED) is 0.828. The Morgan fingerprint density at radius 3 is 2.87 bits per heavy atom. The van der Waals surface area contributed by atoms with Crippen LogP contribution in [0.5, 0.6) is 0 Å². The lowest BCUT2D eigenvalue weighted by Gasteiger charge is -2.29. The van der Waals surface area contributed by atoms with Gasteiger partial charge in [0, 0.05) is 16.3 Å². The molecule has 1 aliphatic rings. The molecular formula is C9H15N3OS2. The molecule has 3 unspecified atom stereocenters. The number of hydrogen-bond acceptors (Lipinski definition) is 5. The van der Waals surface area contributed by atoms with E-state index in [1.807, 2.05) is 23.5 Å². The minimum atomic E-state index is -0.0660. The molecule has 0 saturated carbocycles. The van der Waals surface area contributed by atoms with E-state index in [4.69, 9.17) is 5.11 Å². The Balaban J connectivity index is 2.05. The van der Waals surface area contributed by atoms with Gasteiger partial charge in [0.2, 0.25) is 0 Å². The summed E-state index contributed by atoms with van der Waals surface area (Å²) < 4.78 is 0. The maximum Gasteiger partial charge on any atom is 0.164 e. The first kappa shape index (κ1) is 11.3. The van der Waals surface area contributed by atoms with Crippen LogP contribution in [0.2, 0.25) is 0 Å². The summed E-state index contributed by atoms with van der Waals surface area (Å²) in [4.78, 5) is 4.26. The van der Waals surface area contributed by atoms with Gasteiger partial charge in [-0.05, 0) is 0 Å².